The van der Waals surface area contributed by atoms with Gasteiger partial charge in [0.2, 0.25) is 0 Å². The maximum absolute atomic E-state index is 14.2. The predicted molar refractivity (Wildman–Crippen MR) is 166 cm³/mol. The van der Waals surface area contributed by atoms with Crippen molar-refractivity contribution in [2.24, 2.45) is 0 Å². The molecule has 1 aliphatic carbocycles. The van der Waals surface area contributed by atoms with Gasteiger partial charge in [-0.3, -0.25) is 9.59 Å². The Kier molecular flexibility index (Phi) is 9.85. The zero-order valence-corrected chi connectivity index (χ0v) is 26.3. The number of nitrogens with zero attached hydrogens (tertiary/aromatic N) is 4. The highest BCUT2D eigenvalue weighted by atomic mass is 19.4. The van der Waals surface area contributed by atoms with Crippen molar-refractivity contribution in [3.05, 3.63) is 78.2 Å². The maximum atomic E-state index is 14.2. The lowest BCUT2D eigenvalue weighted by Crippen LogP contribution is -2.56. The number of halogens is 3. The zero-order valence-electron chi connectivity index (χ0n) is 26.3. The number of imidazole rings is 1. The van der Waals surface area contributed by atoms with Gasteiger partial charge in [0.15, 0.2) is 5.69 Å². The first-order valence-corrected chi connectivity index (χ1v) is 16.1. The van der Waals surface area contributed by atoms with Crippen molar-refractivity contribution in [3.8, 4) is 11.3 Å². The molecule has 0 radical (unpaired) electrons. The summed E-state index contributed by atoms with van der Waals surface area (Å²) in [6.07, 6.45) is -3.65. The van der Waals surface area contributed by atoms with Crippen LogP contribution in [0.5, 0.6) is 0 Å². The number of benzene rings is 2. The summed E-state index contributed by atoms with van der Waals surface area (Å²) in [5.41, 5.74) is 1.61. The van der Waals surface area contributed by atoms with Crippen LogP contribution in [0.25, 0.3) is 11.3 Å². The van der Waals surface area contributed by atoms with Crippen LogP contribution in [0, 0.1) is 0 Å². The van der Waals surface area contributed by atoms with Gasteiger partial charge in [0.1, 0.15) is 0 Å². The molecule has 0 spiro atoms. The molecule has 2 aliphatic heterocycles. The molecule has 3 aliphatic rings. The topological polar surface area (TPSA) is 126 Å². The molecular weight excluding hydrogens is 631 g/mol. The first-order chi connectivity index (χ1) is 23.0. The number of piperazine rings is 1. The Hall–Kier alpha value is -4.27. The van der Waals surface area contributed by atoms with E-state index in [1.54, 1.807) is 6.33 Å². The number of morpholine rings is 1. The Morgan fingerprint density at radius 3 is 2.42 bits per heavy atom. The lowest BCUT2D eigenvalue weighted by atomic mass is 9.81. The lowest BCUT2D eigenvalue weighted by molar-refractivity contribution is -0.234. The molecule has 1 saturated carbocycles. The maximum Gasteiger partial charge on any atom is 0.491 e. The van der Waals surface area contributed by atoms with Crippen LogP contribution in [0.4, 0.5) is 13.2 Å². The van der Waals surface area contributed by atoms with Crippen LogP contribution in [0.3, 0.4) is 0 Å². The Bertz CT molecular complexity index is 1590. The van der Waals surface area contributed by atoms with Gasteiger partial charge in [0, 0.05) is 43.8 Å². The molecule has 1 unspecified atom stereocenters. The molecule has 2 N–H and O–H groups in total. The van der Waals surface area contributed by atoms with Gasteiger partial charge in [0.25, 0.3) is 18.1 Å². The van der Waals surface area contributed by atoms with Crippen molar-refractivity contribution in [2.75, 3.05) is 32.8 Å². The quantitative estimate of drug-likeness (QED) is 0.351. The number of rotatable bonds is 8. The van der Waals surface area contributed by atoms with E-state index in [2.05, 4.69) is 15.0 Å². The van der Waals surface area contributed by atoms with Crippen LogP contribution < -0.4 is 5.32 Å². The Balaban J connectivity index is 1.17. The molecule has 1 aromatic heterocycles. The fourth-order valence-electron chi connectivity index (χ4n) is 6.90. The molecule has 14 heteroatoms. The molecule has 2 saturated heterocycles. The summed E-state index contributed by atoms with van der Waals surface area (Å²) in [4.78, 5) is 46.3. The minimum atomic E-state index is -5.25. The number of hydrogen-bond acceptors (Lipinski definition) is 8. The third kappa shape index (κ3) is 7.40. The summed E-state index contributed by atoms with van der Waals surface area (Å²) in [7, 11) is 0. The molecule has 3 heterocycles. The summed E-state index contributed by atoms with van der Waals surface area (Å²) >= 11 is 0. The van der Waals surface area contributed by atoms with Crippen LogP contribution in [0.2, 0.25) is 0 Å². The van der Waals surface area contributed by atoms with Gasteiger partial charge in [-0.25, -0.2) is 9.78 Å². The predicted octanol–water partition coefficient (Wildman–Crippen LogP) is 3.17. The number of amides is 2. The molecule has 2 aromatic carbocycles. The minimum absolute atomic E-state index is 0.0682. The van der Waals surface area contributed by atoms with Crippen LogP contribution in [0.1, 0.15) is 41.7 Å². The number of ether oxygens (including phenoxy) is 2. The molecule has 3 aromatic rings. The van der Waals surface area contributed by atoms with Crippen LogP contribution >= 0.6 is 0 Å². The number of nitrogens with one attached hydrogen (secondary N) is 1. The number of carbonyl (C=O) groups is 3. The minimum Gasteiger partial charge on any atom is -0.419 e. The van der Waals surface area contributed by atoms with E-state index < -0.39 is 29.9 Å². The van der Waals surface area contributed by atoms with Crippen molar-refractivity contribution in [2.45, 2.75) is 68.8 Å². The fraction of sp³-hybridized carbons (Fsp3) is 0.471. The summed E-state index contributed by atoms with van der Waals surface area (Å²) < 4.78 is 49.3. The first-order valence-electron chi connectivity index (χ1n) is 16.1. The van der Waals surface area contributed by atoms with Gasteiger partial charge in [-0.1, -0.05) is 60.7 Å². The molecule has 48 heavy (non-hydrogen) atoms. The van der Waals surface area contributed by atoms with E-state index in [9.17, 15) is 32.7 Å². The second-order valence-electron chi connectivity index (χ2n) is 12.6. The highest BCUT2D eigenvalue weighted by Crippen LogP contribution is 2.36. The molecule has 6 rings (SSSR count). The number of carbonyl (C=O) groups excluding carboxylic acids is 3. The van der Waals surface area contributed by atoms with Crippen molar-refractivity contribution in [1.29, 1.82) is 0 Å². The summed E-state index contributed by atoms with van der Waals surface area (Å²) in [5.74, 6) is -3.52. The van der Waals surface area contributed by atoms with Crippen molar-refractivity contribution >= 4 is 17.8 Å². The molecule has 11 nitrogen and oxygen atoms in total. The smallest absolute Gasteiger partial charge is 0.419 e. The molecule has 2 amide bonds. The summed E-state index contributed by atoms with van der Waals surface area (Å²) in [6.45, 7) is 2.02. The largest absolute Gasteiger partial charge is 0.491 e. The number of hydrogen-bond donors (Lipinski definition) is 2. The van der Waals surface area contributed by atoms with Gasteiger partial charge in [-0.2, -0.15) is 13.2 Å². The number of esters is 1. The zero-order chi connectivity index (χ0) is 33.9. The third-order valence-electron chi connectivity index (χ3n) is 9.34. The first kappa shape index (κ1) is 33.6. The Labute approximate surface area is 275 Å². The highest BCUT2D eigenvalue weighted by molar-refractivity contribution is 5.98. The van der Waals surface area contributed by atoms with Crippen LogP contribution in [-0.4, -0.2) is 105 Å². The van der Waals surface area contributed by atoms with Crippen molar-refractivity contribution in [3.63, 3.8) is 0 Å². The average Bonchev–Trinajstić information content (AvgIpc) is 3.49. The molecule has 3 fully saturated rings. The number of aromatic nitrogens is 2. The molecule has 0 bridgehead atoms. The summed E-state index contributed by atoms with van der Waals surface area (Å²) in [5, 5.41) is 15.2. The van der Waals surface area contributed by atoms with Crippen molar-refractivity contribution < 1.29 is 42.1 Å². The van der Waals surface area contributed by atoms with Gasteiger partial charge in [0.05, 0.1) is 30.8 Å². The fourth-order valence-corrected chi connectivity index (χ4v) is 6.90. The van der Waals surface area contributed by atoms with Crippen molar-refractivity contribution in [1.82, 2.24) is 24.7 Å². The lowest BCUT2D eigenvalue weighted by Gasteiger charge is -2.43. The Morgan fingerprint density at radius 2 is 1.73 bits per heavy atom. The van der Waals surface area contributed by atoms with E-state index in [4.69, 9.17) is 4.74 Å². The highest BCUT2D eigenvalue weighted by Gasteiger charge is 2.47. The number of aliphatic hydroxyl groups is 1. The van der Waals surface area contributed by atoms with E-state index >= 15 is 0 Å². The van der Waals surface area contributed by atoms with Gasteiger partial charge in [-0.15, -0.1) is 0 Å². The molecule has 2 atom stereocenters. The van der Waals surface area contributed by atoms with Gasteiger partial charge in [-0.05, 0) is 37.7 Å². The van der Waals surface area contributed by atoms with E-state index in [0.29, 0.717) is 50.3 Å². The summed E-state index contributed by atoms with van der Waals surface area (Å²) in [6, 6.07) is 19.0. The van der Waals surface area contributed by atoms with E-state index in [0.717, 1.165) is 11.1 Å². The molecule has 256 valence electrons. The second-order valence-corrected chi connectivity index (χ2v) is 12.6. The standard InChI is InChI=1S/C34H38F3N5O6/c35-34(36,37)32(45)48-31-30(44)42(17-18-47-31)25-11-13-33(46,14-12-25)21-40-22-39-27(28(40)24-9-5-2-6-10-24)29(43)41-16-15-38-20-26(41)19-23-7-3-1-4-8-23/h1-10,22,25-26,31,38,46H,11-21H2/t25?,26-,31?,33?/m1/s1. The monoisotopic (exact) mass is 669 g/mol. The Morgan fingerprint density at radius 1 is 1.04 bits per heavy atom. The molecular formula is C34H38F3N5O6. The SMILES string of the molecule is O=C1C(OC(=O)C(F)(F)F)OCCN1C1CCC(O)(Cn2cnc(C(=O)N3CCNC[C@H]3Cc3ccccc3)c2-c2ccccc2)CC1. The third-order valence-corrected chi connectivity index (χ3v) is 9.34. The van der Waals surface area contributed by atoms with Gasteiger partial charge >= 0.3 is 12.1 Å². The van der Waals surface area contributed by atoms with E-state index in [-0.39, 0.29) is 50.5 Å². The van der Waals surface area contributed by atoms with Crippen LogP contribution in [-0.2, 0) is 32.0 Å². The normalized spacial score (nSPS) is 25.2. The second kappa shape index (κ2) is 14.1. The number of alkyl halides is 3. The van der Waals surface area contributed by atoms with Gasteiger partial charge < -0.3 is 34.3 Å². The average molecular weight is 670 g/mol. The van der Waals surface area contributed by atoms with Crippen LogP contribution in [0.15, 0.2) is 67.0 Å². The van der Waals surface area contributed by atoms with E-state index in [1.807, 2.05) is 70.1 Å². The van der Waals surface area contributed by atoms with E-state index in [1.165, 1.54) is 4.90 Å².